The number of hydrogen-bond acceptors (Lipinski definition) is 1. The summed E-state index contributed by atoms with van der Waals surface area (Å²) in [4.78, 5) is 0. The van der Waals surface area contributed by atoms with E-state index in [-0.39, 0.29) is 11.3 Å². The van der Waals surface area contributed by atoms with Crippen LogP contribution in [0.15, 0.2) is 18.2 Å². The third-order valence-electron chi connectivity index (χ3n) is 4.00. The second kappa shape index (κ2) is 4.58. The molecule has 1 fully saturated rings. The zero-order chi connectivity index (χ0) is 12.6. The molecule has 1 nitrogen and oxygen atoms in total. The summed E-state index contributed by atoms with van der Waals surface area (Å²) in [5.41, 5.74) is 0.445. The molecule has 1 aromatic rings. The van der Waals surface area contributed by atoms with Crippen LogP contribution in [-0.4, -0.2) is 5.11 Å². The van der Waals surface area contributed by atoms with Gasteiger partial charge in [-0.3, -0.25) is 0 Å². The minimum absolute atomic E-state index is 0.0749. The summed E-state index contributed by atoms with van der Waals surface area (Å²) >= 11 is 5.72. The van der Waals surface area contributed by atoms with Gasteiger partial charge in [0.2, 0.25) is 0 Å². The third-order valence-corrected chi connectivity index (χ3v) is 4.24. The Morgan fingerprint density at radius 1 is 1.47 bits per heavy atom. The number of aliphatic hydroxyl groups is 1. The molecule has 94 valence electrons. The minimum Gasteiger partial charge on any atom is -0.388 e. The number of aliphatic hydroxyl groups excluding tert-OH is 1. The van der Waals surface area contributed by atoms with Gasteiger partial charge in [0.25, 0.3) is 0 Å². The van der Waals surface area contributed by atoms with Crippen LogP contribution in [0.3, 0.4) is 0 Å². The first-order valence-corrected chi connectivity index (χ1v) is 6.42. The molecule has 0 aliphatic heterocycles. The zero-order valence-corrected chi connectivity index (χ0v) is 11.0. The molecular weight excluding hydrogens is 239 g/mol. The van der Waals surface area contributed by atoms with Gasteiger partial charge >= 0.3 is 0 Å². The highest BCUT2D eigenvalue weighted by Crippen LogP contribution is 2.49. The molecule has 0 spiro atoms. The molecule has 0 heterocycles. The molecule has 1 saturated carbocycles. The lowest BCUT2D eigenvalue weighted by Crippen LogP contribution is -2.24. The van der Waals surface area contributed by atoms with Crippen molar-refractivity contribution in [1.82, 2.24) is 0 Å². The van der Waals surface area contributed by atoms with Crippen molar-refractivity contribution < 1.29 is 9.50 Å². The lowest BCUT2D eigenvalue weighted by Gasteiger charge is -2.31. The summed E-state index contributed by atoms with van der Waals surface area (Å²) in [5.74, 6) is -0.286. The Labute approximate surface area is 107 Å². The van der Waals surface area contributed by atoms with E-state index in [2.05, 4.69) is 13.8 Å². The van der Waals surface area contributed by atoms with E-state index in [0.29, 0.717) is 10.6 Å². The van der Waals surface area contributed by atoms with E-state index in [9.17, 15) is 9.50 Å². The van der Waals surface area contributed by atoms with Crippen molar-refractivity contribution in [2.24, 2.45) is 11.3 Å². The molecule has 1 aromatic carbocycles. The molecule has 17 heavy (non-hydrogen) atoms. The molecule has 2 rings (SSSR count). The van der Waals surface area contributed by atoms with E-state index in [4.69, 9.17) is 11.6 Å². The second-order valence-electron chi connectivity index (χ2n) is 5.60. The first kappa shape index (κ1) is 12.8. The van der Waals surface area contributed by atoms with Gasteiger partial charge in [-0.25, -0.2) is 4.39 Å². The maximum absolute atomic E-state index is 13.8. The molecular formula is C14H18ClFO. The average molecular weight is 257 g/mol. The summed E-state index contributed by atoms with van der Waals surface area (Å²) < 4.78 is 13.8. The Kier molecular flexibility index (Phi) is 3.46. The first-order valence-electron chi connectivity index (χ1n) is 6.05. The Balaban J connectivity index is 2.28. The number of hydrogen-bond donors (Lipinski definition) is 1. The molecule has 2 atom stereocenters. The average Bonchev–Trinajstić information content (AvgIpc) is 2.57. The van der Waals surface area contributed by atoms with Gasteiger partial charge in [-0.1, -0.05) is 37.9 Å². The molecule has 1 aliphatic carbocycles. The summed E-state index contributed by atoms with van der Waals surface area (Å²) in [6.07, 6.45) is 2.41. The van der Waals surface area contributed by atoms with Gasteiger partial charge in [-0.15, -0.1) is 0 Å². The van der Waals surface area contributed by atoms with Crippen LogP contribution >= 0.6 is 11.6 Å². The van der Waals surface area contributed by atoms with Crippen molar-refractivity contribution in [3.63, 3.8) is 0 Å². The van der Waals surface area contributed by atoms with Crippen molar-refractivity contribution >= 4 is 11.6 Å². The van der Waals surface area contributed by atoms with Crippen molar-refractivity contribution in [2.75, 3.05) is 0 Å². The molecule has 0 radical (unpaired) electrons. The maximum Gasteiger partial charge on any atom is 0.130 e. The van der Waals surface area contributed by atoms with Crippen LogP contribution in [-0.2, 0) is 0 Å². The smallest absolute Gasteiger partial charge is 0.130 e. The highest BCUT2D eigenvalue weighted by molar-refractivity contribution is 6.30. The van der Waals surface area contributed by atoms with Gasteiger partial charge in [-0.2, -0.15) is 0 Å². The number of rotatable bonds is 2. The lowest BCUT2D eigenvalue weighted by atomic mass is 9.77. The number of halogens is 2. The Morgan fingerprint density at radius 2 is 2.18 bits per heavy atom. The van der Waals surface area contributed by atoms with Crippen molar-refractivity contribution in [2.45, 2.75) is 39.2 Å². The Morgan fingerprint density at radius 3 is 2.71 bits per heavy atom. The standard InChI is InChI=1S/C14H18ClFO/c1-14(2)7-3-4-11(14)13(17)10-6-5-9(15)8-12(10)16/h5-6,8,11,13,17H,3-4,7H2,1-2H3. The summed E-state index contributed by atoms with van der Waals surface area (Å²) in [5, 5.41) is 10.7. The predicted molar refractivity (Wildman–Crippen MR) is 67.5 cm³/mol. The van der Waals surface area contributed by atoms with E-state index in [1.165, 1.54) is 6.07 Å². The fourth-order valence-electron chi connectivity index (χ4n) is 2.90. The van der Waals surface area contributed by atoms with E-state index in [1.807, 2.05) is 0 Å². The van der Waals surface area contributed by atoms with Crippen LogP contribution in [0.2, 0.25) is 5.02 Å². The van der Waals surface area contributed by atoms with Crippen molar-refractivity contribution in [3.8, 4) is 0 Å². The summed E-state index contributed by atoms with van der Waals surface area (Å²) in [6, 6.07) is 4.49. The van der Waals surface area contributed by atoms with E-state index in [1.54, 1.807) is 12.1 Å². The van der Waals surface area contributed by atoms with Gasteiger partial charge in [0.05, 0.1) is 6.10 Å². The van der Waals surface area contributed by atoms with Crippen LogP contribution in [0, 0.1) is 17.2 Å². The number of benzene rings is 1. The zero-order valence-electron chi connectivity index (χ0n) is 10.2. The highest BCUT2D eigenvalue weighted by Gasteiger charge is 2.40. The third kappa shape index (κ3) is 2.48. The lowest BCUT2D eigenvalue weighted by molar-refractivity contribution is 0.0505. The monoisotopic (exact) mass is 256 g/mol. The van der Waals surface area contributed by atoms with Crippen molar-refractivity contribution in [3.05, 3.63) is 34.6 Å². The fraction of sp³-hybridized carbons (Fsp3) is 0.571. The molecule has 0 amide bonds. The molecule has 0 aromatic heterocycles. The molecule has 0 saturated heterocycles. The summed E-state index contributed by atoms with van der Waals surface area (Å²) in [7, 11) is 0. The van der Waals surface area contributed by atoms with Crippen LogP contribution in [0.4, 0.5) is 4.39 Å². The largest absolute Gasteiger partial charge is 0.388 e. The Hall–Kier alpha value is -0.600. The predicted octanol–water partition coefficient (Wildman–Crippen LogP) is 4.34. The van der Waals surface area contributed by atoms with Crippen molar-refractivity contribution in [1.29, 1.82) is 0 Å². The SMILES string of the molecule is CC1(C)CCCC1C(O)c1ccc(Cl)cc1F. The summed E-state index contributed by atoms with van der Waals surface area (Å²) in [6.45, 7) is 4.28. The van der Waals surface area contributed by atoms with Crippen LogP contribution in [0.5, 0.6) is 0 Å². The normalized spacial score (nSPS) is 24.9. The fourth-order valence-corrected chi connectivity index (χ4v) is 3.06. The van der Waals surface area contributed by atoms with Gasteiger partial charge in [0, 0.05) is 10.6 Å². The van der Waals surface area contributed by atoms with Crippen LogP contribution < -0.4 is 0 Å². The Bertz CT molecular complexity index is 417. The van der Waals surface area contributed by atoms with Crippen LogP contribution in [0.1, 0.15) is 44.8 Å². The van der Waals surface area contributed by atoms with E-state index >= 15 is 0 Å². The molecule has 1 N–H and O–H groups in total. The van der Waals surface area contributed by atoms with Gasteiger partial charge in [0.15, 0.2) is 0 Å². The maximum atomic E-state index is 13.8. The second-order valence-corrected chi connectivity index (χ2v) is 6.03. The molecule has 1 aliphatic rings. The molecule has 3 heteroatoms. The molecule has 2 unspecified atom stereocenters. The molecule has 0 bridgehead atoms. The minimum atomic E-state index is -0.732. The van der Waals surface area contributed by atoms with Gasteiger partial charge in [-0.05, 0) is 36.3 Å². The quantitative estimate of drug-likeness (QED) is 0.835. The van der Waals surface area contributed by atoms with E-state index < -0.39 is 11.9 Å². The van der Waals surface area contributed by atoms with Gasteiger partial charge in [0.1, 0.15) is 5.82 Å². The van der Waals surface area contributed by atoms with E-state index in [0.717, 1.165) is 19.3 Å². The first-order chi connectivity index (χ1) is 7.92. The topological polar surface area (TPSA) is 20.2 Å². The highest BCUT2D eigenvalue weighted by atomic mass is 35.5. The van der Waals surface area contributed by atoms with Gasteiger partial charge < -0.3 is 5.11 Å². The van der Waals surface area contributed by atoms with Crippen LogP contribution in [0.25, 0.3) is 0 Å².